The third-order valence-electron chi connectivity index (χ3n) is 5.08. The van der Waals surface area contributed by atoms with Gasteiger partial charge < -0.3 is 10.6 Å². The number of hydrogen-bond acceptors (Lipinski definition) is 4. The van der Waals surface area contributed by atoms with E-state index in [-0.39, 0.29) is 35.7 Å². The summed E-state index contributed by atoms with van der Waals surface area (Å²) in [5.74, 6) is -0.578. The molecular weight excluding hydrogens is 402 g/mol. The fourth-order valence-electron chi connectivity index (χ4n) is 3.49. The van der Waals surface area contributed by atoms with Gasteiger partial charge in [0.2, 0.25) is 15.9 Å². The van der Waals surface area contributed by atoms with Gasteiger partial charge in [-0.15, -0.1) is 0 Å². The van der Waals surface area contributed by atoms with E-state index < -0.39 is 10.0 Å². The topological polar surface area (TPSA) is 104 Å². The first kappa shape index (κ1) is 22.0. The molecule has 0 saturated heterocycles. The summed E-state index contributed by atoms with van der Waals surface area (Å²) in [5.41, 5.74) is 0.822. The van der Waals surface area contributed by atoms with Crippen molar-refractivity contribution in [3.63, 3.8) is 0 Å². The molecule has 2 aromatic carbocycles. The molecule has 1 aliphatic rings. The summed E-state index contributed by atoms with van der Waals surface area (Å²) in [7, 11) is -3.66. The Hall–Kier alpha value is -2.71. The predicted octanol–water partition coefficient (Wildman–Crippen LogP) is 3.06. The molecule has 0 unspecified atom stereocenters. The molecule has 1 fully saturated rings. The van der Waals surface area contributed by atoms with Gasteiger partial charge in [0.1, 0.15) is 0 Å². The van der Waals surface area contributed by atoms with Gasteiger partial charge in [0.15, 0.2) is 0 Å². The summed E-state index contributed by atoms with van der Waals surface area (Å²) in [5, 5.41) is 5.77. The van der Waals surface area contributed by atoms with Crippen molar-refractivity contribution in [2.45, 2.75) is 49.5 Å². The molecule has 1 saturated carbocycles. The van der Waals surface area contributed by atoms with Crippen molar-refractivity contribution in [3.05, 3.63) is 60.2 Å². The Labute approximate surface area is 177 Å². The van der Waals surface area contributed by atoms with Crippen molar-refractivity contribution in [2.75, 3.05) is 11.9 Å². The van der Waals surface area contributed by atoms with Crippen LogP contribution in [0.3, 0.4) is 0 Å². The molecule has 0 atom stereocenters. The standard InChI is InChI=1S/C22H27N3O4S/c26-21(15-16-23-30(28,29)18-11-5-2-6-12-18)25-20-14-8-7-13-19(20)22(27)24-17-9-3-1-4-10-17/h2,5-8,11-14,17,23H,1,3-4,9-10,15-16H2,(H,24,27)(H,25,26). The van der Waals surface area contributed by atoms with Gasteiger partial charge in [0.25, 0.3) is 5.91 Å². The van der Waals surface area contributed by atoms with E-state index in [0.29, 0.717) is 11.3 Å². The van der Waals surface area contributed by atoms with Gasteiger partial charge in [-0.1, -0.05) is 49.6 Å². The van der Waals surface area contributed by atoms with Crippen molar-refractivity contribution in [1.29, 1.82) is 0 Å². The number of amides is 2. The van der Waals surface area contributed by atoms with Gasteiger partial charge in [0.05, 0.1) is 16.1 Å². The molecule has 0 aromatic heterocycles. The number of carbonyl (C=O) groups excluding carboxylic acids is 2. The molecule has 2 aromatic rings. The zero-order valence-electron chi connectivity index (χ0n) is 16.8. The number of para-hydroxylation sites is 1. The molecule has 2 amide bonds. The molecule has 30 heavy (non-hydrogen) atoms. The first-order valence-corrected chi connectivity index (χ1v) is 11.7. The van der Waals surface area contributed by atoms with Crippen molar-refractivity contribution in [3.8, 4) is 0 Å². The van der Waals surface area contributed by atoms with Crippen LogP contribution in [0.4, 0.5) is 5.69 Å². The minimum absolute atomic E-state index is 0.0422. The average Bonchev–Trinajstić information content (AvgIpc) is 2.75. The molecule has 0 radical (unpaired) electrons. The first-order chi connectivity index (χ1) is 14.5. The van der Waals surface area contributed by atoms with Crippen LogP contribution in [-0.4, -0.2) is 32.8 Å². The maximum Gasteiger partial charge on any atom is 0.253 e. The number of benzene rings is 2. The molecule has 0 bridgehead atoms. The fraction of sp³-hybridized carbons (Fsp3) is 0.364. The van der Waals surface area contributed by atoms with Crippen molar-refractivity contribution in [1.82, 2.24) is 10.0 Å². The zero-order valence-corrected chi connectivity index (χ0v) is 17.6. The third kappa shape index (κ3) is 6.14. The minimum atomic E-state index is -3.66. The summed E-state index contributed by atoms with van der Waals surface area (Å²) in [6, 6.07) is 15.0. The summed E-state index contributed by atoms with van der Waals surface area (Å²) in [6.45, 7) is -0.0422. The summed E-state index contributed by atoms with van der Waals surface area (Å²) < 4.78 is 26.8. The van der Waals surface area contributed by atoms with Gasteiger partial charge in [-0.05, 0) is 37.1 Å². The van der Waals surface area contributed by atoms with E-state index in [1.165, 1.54) is 18.6 Å². The lowest BCUT2D eigenvalue weighted by Gasteiger charge is -2.23. The maximum absolute atomic E-state index is 12.7. The van der Waals surface area contributed by atoms with E-state index in [1.807, 2.05) is 0 Å². The second kappa shape index (κ2) is 10.4. The normalized spacial score (nSPS) is 14.8. The Kier molecular flexibility index (Phi) is 7.59. The highest BCUT2D eigenvalue weighted by Gasteiger charge is 2.19. The zero-order chi connectivity index (χ0) is 21.4. The van der Waals surface area contributed by atoms with Crippen molar-refractivity contribution in [2.24, 2.45) is 0 Å². The Balaban J connectivity index is 1.54. The third-order valence-corrected chi connectivity index (χ3v) is 6.56. The molecule has 3 N–H and O–H groups in total. The lowest BCUT2D eigenvalue weighted by atomic mass is 9.95. The van der Waals surface area contributed by atoms with E-state index in [0.717, 1.165) is 25.7 Å². The van der Waals surface area contributed by atoms with Gasteiger partial charge >= 0.3 is 0 Å². The van der Waals surface area contributed by atoms with Crippen LogP contribution < -0.4 is 15.4 Å². The number of carbonyl (C=O) groups is 2. The Morgan fingerprint density at radius 1 is 0.900 bits per heavy atom. The van der Waals surface area contributed by atoms with Crippen LogP contribution in [0, 0.1) is 0 Å². The van der Waals surface area contributed by atoms with E-state index in [9.17, 15) is 18.0 Å². The summed E-state index contributed by atoms with van der Waals surface area (Å²) in [4.78, 5) is 25.1. The van der Waals surface area contributed by atoms with Crippen molar-refractivity contribution >= 4 is 27.5 Å². The molecule has 3 rings (SSSR count). The quantitative estimate of drug-likeness (QED) is 0.600. The van der Waals surface area contributed by atoms with Crippen LogP contribution in [0.1, 0.15) is 48.9 Å². The van der Waals surface area contributed by atoms with E-state index in [2.05, 4.69) is 15.4 Å². The highest BCUT2D eigenvalue weighted by Crippen LogP contribution is 2.20. The summed E-state index contributed by atoms with van der Waals surface area (Å²) in [6.07, 6.45) is 5.33. The summed E-state index contributed by atoms with van der Waals surface area (Å²) >= 11 is 0. The lowest BCUT2D eigenvalue weighted by Crippen LogP contribution is -2.36. The number of nitrogens with one attached hydrogen (secondary N) is 3. The largest absolute Gasteiger partial charge is 0.349 e. The van der Waals surface area contributed by atoms with Crippen LogP contribution in [-0.2, 0) is 14.8 Å². The number of hydrogen-bond donors (Lipinski definition) is 3. The monoisotopic (exact) mass is 429 g/mol. The minimum Gasteiger partial charge on any atom is -0.349 e. The highest BCUT2D eigenvalue weighted by molar-refractivity contribution is 7.89. The van der Waals surface area contributed by atoms with Crippen LogP contribution >= 0.6 is 0 Å². The fourth-order valence-corrected chi connectivity index (χ4v) is 4.55. The molecule has 0 heterocycles. The van der Waals surface area contributed by atoms with E-state index in [1.54, 1.807) is 42.5 Å². The Bertz CT molecular complexity index is 971. The van der Waals surface area contributed by atoms with Crippen LogP contribution in [0.15, 0.2) is 59.5 Å². The molecule has 0 aliphatic heterocycles. The number of anilines is 1. The first-order valence-electron chi connectivity index (χ1n) is 10.2. The molecule has 8 heteroatoms. The predicted molar refractivity (Wildman–Crippen MR) is 116 cm³/mol. The maximum atomic E-state index is 12.7. The second-order valence-corrected chi connectivity index (χ2v) is 9.13. The van der Waals surface area contributed by atoms with E-state index in [4.69, 9.17) is 0 Å². The number of rotatable bonds is 8. The molecular formula is C22H27N3O4S. The van der Waals surface area contributed by atoms with Gasteiger partial charge in [-0.3, -0.25) is 9.59 Å². The number of sulfonamides is 1. The molecule has 0 spiro atoms. The van der Waals surface area contributed by atoms with Gasteiger partial charge in [-0.25, -0.2) is 13.1 Å². The smallest absolute Gasteiger partial charge is 0.253 e. The highest BCUT2D eigenvalue weighted by atomic mass is 32.2. The Morgan fingerprint density at radius 3 is 2.30 bits per heavy atom. The second-order valence-electron chi connectivity index (χ2n) is 7.36. The Morgan fingerprint density at radius 2 is 1.57 bits per heavy atom. The van der Waals surface area contributed by atoms with Gasteiger partial charge in [0, 0.05) is 19.0 Å². The average molecular weight is 430 g/mol. The van der Waals surface area contributed by atoms with Gasteiger partial charge in [-0.2, -0.15) is 0 Å². The van der Waals surface area contributed by atoms with Crippen LogP contribution in [0.2, 0.25) is 0 Å². The molecule has 7 nitrogen and oxygen atoms in total. The van der Waals surface area contributed by atoms with Crippen molar-refractivity contribution < 1.29 is 18.0 Å². The lowest BCUT2D eigenvalue weighted by molar-refractivity contribution is -0.116. The molecule has 160 valence electrons. The van der Waals surface area contributed by atoms with Crippen LogP contribution in [0.5, 0.6) is 0 Å². The molecule has 1 aliphatic carbocycles. The van der Waals surface area contributed by atoms with Crippen LogP contribution in [0.25, 0.3) is 0 Å². The SMILES string of the molecule is O=C(CCNS(=O)(=O)c1ccccc1)Nc1ccccc1C(=O)NC1CCCCC1. The van der Waals surface area contributed by atoms with E-state index >= 15 is 0 Å².